The maximum absolute atomic E-state index is 11.3. The third-order valence-electron chi connectivity index (χ3n) is 3.31. The van der Waals surface area contributed by atoms with Crippen molar-refractivity contribution < 1.29 is 44.3 Å². The highest BCUT2D eigenvalue weighted by molar-refractivity contribution is 6.03. The van der Waals surface area contributed by atoms with Gasteiger partial charge < -0.3 is 25.2 Å². The quantitative estimate of drug-likeness (QED) is 0.691. The average molecular weight is 406 g/mol. The molecule has 2 rings (SSSR count). The van der Waals surface area contributed by atoms with Crippen molar-refractivity contribution in [3.8, 4) is 0 Å². The van der Waals surface area contributed by atoms with Crippen LogP contribution in [0.3, 0.4) is 0 Å². The molecule has 9 nitrogen and oxygen atoms in total. The topological polar surface area (TPSA) is 159 Å². The van der Waals surface area contributed by atoms with Crippen LogP contribution < -0.4 is 0 Å². The smallest absolute Gasteiger partial charge is 0.338 e. The van der Waals surface area contributed by atoms with Gasteiger partial charge in [-0.1, -0.05) is 24.3 Å². The molecule has 0 radical (unpaired) electrons. The highest BCUT2D eigenvalue weighted by Gasteiger charge is 2.16. The Bertz CT molecular complexity index is 787. The van der Waals surface area contributed by atoms with Crippen molar-refractivity contribution in [3.05, 3.63) is 70.8 Å². The number of ether oxygens (including phenoxy) is 2. The molecule has 0 saturated carbocycles. The van der Waals surface area contributed by atoms with E-state index in [9.17, 15) is 19.2 Å². The molecule has 0 spiro atoms. The predicted octanol–water partition coefficient (Wildman–Crippen LogP) is 2.30. The zero-order valence-electron chi connectivity index (χ0n) is 15.9. The Labute approximate surface area is 166 Å². The number of esters is 2. The molecule has 0 aliphatic heterocycles. The van der Waals surface area contributed by atoms with Crippen LogP contribution in [0.15, 0.2) is 48.5 Å². The van der Waals surface area contributed by atoms with E-state index in [1.165, 1.54) is 24.3 Å². The number of aromatic carboxylic acids is 2. The predicted molar refractivity (Wildman–Crippen MR) is 102 cm³/mol. The summed E-state index contributed by atoms with van der Waals surface area (Å²) in [6.07, 6.45) is 0. The summed E-state index contributed by atoms with van der Waals surface area (Å²) in [7, 11) is 0. The van der Waals surface area contributed by atoms with E-state index in [0.717, 1.165) is 0 Å². The molecular weight excluding hydrogens is 384 g/mol. The highest BCUT2D eigenvalue weighted by Crippen LogP contribution is 2.11. The second kappa shape index (κ2) is 12.6. The second-order valence-electron chi connectivity index (χ2n) is 5.14. The van der Waals surface area contributed by atoms with Gasteiger partial charge in [-0.05, 0) is 38.1 Å². The van der Waals surface area contributed by atoms with Crippen LogP contribution >= 0.6 is 0 Å². The van der Waals surface area contributed by atoms with Crippen LogP contribution in [0.1, 0.15) is 55.3 Å². The van der Waals surface area contributed by atoms with Crippen LogP contribution in [-0.2, 0) is 9.47 Å². The first-order valence-electron chi connectivity index (χ1n) is 8.32. The number of benzene rings is 2. The third-order valence-corrected chi connectivity index (χ3v) is 3.31. The van der Waals surface area contributed by atoms with Gasteiger partial charge >= 0.3 is 23.9 Å². The zero-order valence-corrected chi connectivity index (χ0v) is 15.9. The van der Waals surface area contributed by atoms with Gasteiger partial charge in [-0.25, -0.2) is 19.2 Å². The summed E-state index contributed by atoms with van der Waals surface area (Å²) in [6.45, 7) is 3.79. The Morgan fingerprint density at radius 1 is 0.655 bits per heavy atom. The largest absolute Gasteiger partial charge is 0.478 e. The van der Waals surface area contributed by atoms with Crippen molar-refractivity contribution in [2.75, 3.05) is 13.2 Å². The zero-order chi connectivity index (χ0) is 21.1. The van der Waals surface area contributed by atoms with Gasteiger partial charge in [-0.3, -0.25) is 0 Å². The van der Waals surface area contributed by atoms with E-state index in [-0.39, 0.29) is 40.9 Å². The normalized spacial score (nSPS) is 9.17. The summed E-state index contributed by atoms with van der Waals surface area (Å²) in [5, 5.41) is 17.5. The monoisotopic (exact) mass is 406 g/mol. The molecule has 0 heterocycles. The summed E-state index contributed by atoms with van der Waals surface area (Å²) in [4.78, 5) is 44.0. The lowest BCUT2D eigenvalue weighted by atomic mass is 10.1. The fraction of sp³-hybridized carbons (Fsp3) is 0.200. The summed E-state index contributed by atoms with van der Waals surface area (Å²) >= 11 is 0. The number of hydrogen-bond donors (Lipinski definition) is 2. The number of carbonyl (C=O) groups is 4. The van der Waals surface area contributed by atoms with Gasteiger partial charge in [0.1, 0.15) is 0 Å². The van der Waals surface area contributed by atoms with E-state index in [4.69, 9.17) is 19.7 Å². The van der Waals surface area contributed by atoms with Crippen LogP contribution in [0, 0.1) is 0 Å². The Hall–Kier alpha value is -3.72. The molecule has 9 heteroatoms. The van der Waals surface area contributed by atoms with Crippen molar-refractivity contribution in [1.82, 2.24) is 0 Å². The first-order valence-corrected chi connectivity index (χ1v) is 8.32. The Morgan fingerprint density at radius 3 is 1.17 bits per heavy atom. The first kappa shape index (κ1) is 25.3. The number of carboxylic acids is 2. The lowest BCUT2D eigenvalue weighted by Gasteiger charge is -2.04. The minimum atomic E-state index is -1.13. The molecular formula is C20H22O9. The van der Waals surface area contributed by atoms with Crippen molar-refractivity contribution in [2.45, 2.75) is 13.8 Å². The van der Waals surface area contributed by atoms with Crippen molar-refractivity contribution in [3.63, 3.8) is 0 Å². The Kier molecular flexibility index (Phi) is 11.0. The van der Waals surface area contributed by atoms with Gasteiger partial charge in [0.15, 0.2) is 0 Å². The van der Waals surface area contributed by atoms with E-state index in [1.54, 1.807) is 38.1 Å². The summed E-state index contributed by atoms with van der Waals surface area (Å²) in [5.74, 6) is -3.47. The number of rotatable bonds is 6. The molecule has 29 heavy (non-hydrogen) atoms. The molecule has 156 valence electrons. The van der Waals surface area contributed by atoms with Crippen LogP contribution in [0.5, 0.6) is 0 Å². The maximum atomic E-state index is 11.3. The second-order valence-corrected chi connectivity index (χ2v) is 5.14. The van der Waals surface area contributed by atoms with E-state index < -0.39 is 23.9 Å². The SMILES string of the molecule is CCOC(=O)c1ccccc1C(=O)O.CCOC(=O)c1ccccc1C(=O)O.O. The van der Waals surface area contributed by atoms with Gasteiger partial charge in [0.2, 0.25) is 0 Å². The van der Waals surface area contributed by atoms with Crippen LogP contribution in [0.25, 0.3) is 0 Å². The molecule has 0 aromatic heterocycles. The maximum Gasteiger partial charge on any atom is 0.338 e. The summed E-state index contributed by atoms with van der Waals surface area (Å²) in [5.41, 5.74) is 0.0978. The third kappa shape index (κ3) is 7.43. The molecule has 0 atom stereocenters. The molecule has 2 aromatic rings. The highest BCUT2D eigenvalue weighted by atomic mass is 16.5. The van der Waals surface area contributed by atoms with E-state index >= 15 is 0 Å². The van der Waals surface area contributed by atoms with Gasteiger partial charge in [-0.2, -0.15) is 0 Å². The van der Waals surface area contributed by atoms with E-state index in [1.807, 2.05) is 0 Å². The molecule has 0 bridgehead atoms. The number of carboxylic acid groups (broad SMARTS) is 2. The minimum Gasteiger partial charge on any atom is -0.478 e. The van der Waals surface area contributed by atoms with Gasteiger partial charge in [0.05, 0.1) is 35.5 Å². The van der Waals surface area contributed by atoms with Gasteiger partial charge in [0.25, 0.3) is 0 Å². The van der Waals surface area contributed by atoms with E-state index in [2.05, 4.69) is 0 Å². The lowest BCUT2D eigenvalue weighted by molar-refractivity contribution is 0.0509. The number of carbonyl (C=O) groups excluding carboxylic acids is 2. The molecule has 0 amide bonds. The molecule has 0 aliphatic rings. The molecule has 0 aliphatic carbocycles. The molecule has 0 saturated heterocycles. The van der Waals surface area contributed by atoms with Crippen LogP contribution in [0.2, 0.25) is 0 Å². The molecule has 2 aromatic carbocycles. The van der Waals surface area contributed by atoms with Gasteiger partial charge in [-0.15, -0.1) is 0 Å². The Morgan fingerprint density at radius 2 is 0.931 bits per heavy atom. The first-order chi connectivity index (χ1) is 13.3. The number of hydrogen-bond acceptors (Lipinski definition) is 6. The Balaban J connectivity index is 0.000000523. The summed E-state index contributed by atoms with van der Waals surface area (Å²) in [6, 6.07) is 11.9. The lowest BCUT2D eigenvalue weighted by Crippen LogP contribution is -2.11. The average Bonchev–Trinajstić information content (AvgIpc) is 2.68. The van der Waals surface area contributed by atoms with E-state index in [0.29, 0.717) is 0 Å². The van der Waals surface area contributed by atoms with Crippen molar-refractivity contribution in [2.24, 2.45) is 0 Å². The standard InChI is InChI=1S/2C10H10O4.H2O/c2*1-2-14-10(13)8-6-4-3-5-7(8)9(11)12;/h2*3-6H,2H2,1H3,(H,11,12);1H2. The van der Waals surface area contributed by atoms with Gasteiger partial charge in [0, 0.05) is 0 Å². The van der Waals surface area contributed by atoms with Crippen LogP contribution in [-0.4, -0.2) is 52.8 Å². The minimum absolute atomic E-state index is 0. The van der Waals surface area contributed by atoms with Crippen molar-refractivity contribution in [1.29, 1.82) is 0 Å². The fourth-order valence-corrected chi connectivity index (χ4v) is 2.11. The molecule has 0 unspecified atom stereocenters. The van der Waals surface area contributed by atoms with Crippen molar-refractivity contribution >= 4 is 23.9 Å². The fourth-order valence-electron chi connectivity index (χ4n) is 2.11. The summed E-state index contributed by atoms with van der Waals surface area (Å²) < 4.78 is 9.43. The molecule has 0 fully saturated rings. The molecule has 4 N–H and O–H groups in total. The van der Waals surface area contributed by atoms with Crippen LogP contribution in [0.4, 0.5) is 0 Å².